The minimum Gasteiger partial charge on any atom is -0.393 e. The van der Waals surface area contributed by atoms with E-state index in [1.165, 1.54) is 5.56 Å². The predicted octanol–water partition coefficient (Wildman–Crippen LogP) is 2.01. The lowest BCUT2D eigenvalue weighted by Gasteiger charge is -2.05. The molecule has 1 atom stereocenters. The summed E-state index contributed by atoms with van der Waals surface area (Å²) in [6.45, 7) is 0.675. The minimum atomic E-state index is -0.118. The van der Waals surface area contributed by atoms with Gasteiger partial charge < -0.3 is 9.84 Å². The van der Waals surface area contributed by atoms with E-state index in [0.29, 0.717) is 6.61 Å². The van der Waals surface area contributed by atoms with Crippen molar-refractivity contribution in [3.8, 4) is 0 Å². The molecule has 1 unspecified atom stereocenters. The summed E-state index contributed by atoms with van der Waals surface area (Å²) in [5.41, 5.74) is 2.28. The number of hydrogen-bond acceptors (Lipinski definition) is 2. The second-order valence-corrected chi connectivity index (χ2v) is 3.74. The normalized spacial score (nSPS) is 21.0. The lowest BCUT2D eigenvalue weighted by atomic mass is 10.1. The Kier molecular flexibility index (Phi) is 2.17. The Morgan fingerprint density at radius 1 is 1.58 bits per heavy atom. The zero-order chi connectivity index (χ0) is 8.55. The van der Waals surface area contributed by atoms with Crippen LogP contribution in [0.1, 0.15) is 17.2 Å². The topological polar surface area (TPSA) is 29.5 Å². The highest BCUT2D eigenvalue weighted by atomic mass is 79.9. The smallest absolute Gasteiger partial charge is 0.106 e. The molecule has 0 spiro atoms. The molecule has 1 aliphatic heterocycles. The van der Waals surface area contributed by atoms with Crippen molar-refractivity contribution in [2.75, 3.05) is 6.61 Å². The zero-order valence-electron chi connectivity index (χ0n) is 6.46. The van der Waals surface area contributed by atoms with E-state index in [0.717, 1.165) is 10.0 Å². The molecule has 0 saturated heterocycles. The van der Waals surface area contributed by atoms with Gasteiger partial charge in [0.1, 0.15) is 6.10 Å². The van der Waals surface area contributed by atoms with Gasteiger partial charge >= 0.3 is 0 Å². The first-order valence-electron chi connectivity index (χ1n) is 3.82. The van der Waals surface area contributed by atoms with E-state index >= 15 is 0 Å². The van der Waals surface area contributed by atoms with Crippen LogP contribution < -0.4 is 0 Å². The van der Waals surface area contributed by atoms with Crippen LogP contribution in [0.3, 0.4) is 0 Å². The molecule has 64 valence electrons. The average Bonchev–Trinajstić information content (AvgIpc) is 2.46. The molecule has 3 heteroatoms. The molecule has 0 saturated carbocycles. The van der Waals surface area contributed by atoms with Crippen molar-refractivity contribution >= 4 is 15.9 Å². The lowest BCUT2D eigenvalue weighted by molar-refractivity contribution is 0.0234. The Morgan fingerprint density at radius 3 is 3.17 bits per heavy atom. The van der Waals surface area contributed by atoms with Gasteiger partial charge in [0.25, 0.3) is 0 Å². The van der Waals surface area contributed by atoms with Gasteiger partial charge in [-0.15, -0.1) is 0 Å². The van der Waals surface area contributed by atoms with E-state index in [9.17, 15) is 0 Å². The Hall–Kier alpha value is -0.380. The van der Waals surface area contributed by atoms with Crippen LogP contribution in [0.25, 0.3) is 0 Å². The summed E-state index contributed by atoms with van der Waals surface area (Å²) in [4.78, 5) is 0. The first kappa shape index (κ1) is 8.23. The highest BCUT2D eigenvalue weighted by Gasteiger charge is 2.21. The van der Waals surface area contributed by atoms with Crippen molar-refractivity contribution in [1.82, 2.24) is 0 Å². The maximum Gasteiger partial charge on any atom is 0.106 e. The molecule has 0 bridgehead atoms. The highest BCUT2D eigenvalue weighted by molar-refractivity contribution is 9.10. The minimum absolute atomic E-state index is 0.0641. The number of aliphatic hydroxyl groups excluding tert-OH is 1. The number of hydrogen-bond donors (Lipinski definition) is 1. The highest BCUT2D eigenvalue weighted by Crippen LogP contribution is 2.31. The number of benzene rings is 1. The van der Waals surface area contributed by atoms with Crippen molar-refractivity contribution in [2.45, 2.75) is 12.7 Å². The van der Waals surface area contributed by atoms with E-state index in [4.69, 9.17) is 9.84 Å². The monoisotopic (exact) mass is 228 g/mol. The van der Waals surface area contributed by atoms with Crippen LogP contribution in [0.2, 0.25) is 0 Å². The molecule has 0 radical (unpaired) electrons. The Labute approximate surface area is 79.3 Å². The van der Waals surface area contributed by atoms with E-state index in [-0.39, 0.29) is 12.7 Å². The van der Waals surface area contributed by atoms with Crippen molar-refractivity contribution in [3.63, 3.8) is 0 Å². The molecular weight excluding hydrogens is 220 g/mol. The van der Waals surface area contributed by atoms with Gasteiger partial charge in [-0.05, 0) is 23.3 Å². The van der Waals surface area contributed by atoms with Gasteiger partial charge in [0, 0.05) is 4.47 Å². The molecule has 0 aliphatic carbocycles. The van der Waals surface area contributed by atoms with Crippen molar-refractivity contribution in [1.29, 1.82) is 0 Å². The first-order chi connectivity index (χ1) is 5.81. The van der Waals surface area contributed by atoms with Crippen molar-refractivity contribution in [2.24, 2.45) is 0 Å². The number of rotatable bonds is 1. The molecule has 1 heterocycles. The zero-order valence-corrected chi connectivity index (χ0v) is 8.04. The number of halogens is 1. The van der Waals surface area contributed by atoms with Crippen LogP contribution in [0, 0.1) is 0 Å². The molecular formula is C9H9BrO2. The van der Waals surface area contributed by atoms with Gasteiger partial charge in [-0.25, -0.2) is 0 Å². The molecule has 0 aromatic heterocycles. The fourth-order valence-electron chi connectivity index (χ4n) is 1.44. The quantitative estimate of drug-likeness (QED) is 0.798. The third kappa shape index (κ3) is 1.28. The largest absolute Gasteiger partial charge is 0.393 e. The van der Waals surface area contributed by atoms with Crippen LogP contribution in [0.5, 0.6) is 0 Å². The van der Waals surface area contributed by atoms with Gasteiger partial charge in [0.05, 0.1) is 13.2 Å². The summed E-state index contributed by atoms with van der Waals surface area (Å²) in [6.07, 6.45) is -0.118. The molecule has 1 aliphatic rings. The Balaban J connectivity index is 2.40. The summed E-state index contributed by atoms with van der Waals surface area (Å²) < 4.78 is 6.42. The van der Waals surface area contributed by atoms with Crippen LogP contribution >= 0.6 is 15.9 Å². The second kappa shape index (κ2) is 3.17. The lowest BCUT2D eigenvalue weighted by Crippen LogP contribution is -2.00. The molecule has 1 N–H and O–H groups in total. The maximum atomic E-state index is 8.95. The van der Waals surface area contributed by atoms with Gasteiger partial charge in [-0.1, -0.05) is 22.0 Å². The van der Waals surface area contributed by atoms with Gasteiger partial charge in [-0.3, -0.25) is 0 Å². The van der Waals surface area contributed by atoms with Crippen LogP contribution in [-0.4, -0.2) is 11.7 Å². The van der Waals surface area contributed by atoms with Gasteiger partial charge in [0.15, 0.2) is 0 Å². The molecule has 12 heavy (non-hydrogen) atoms. The fourth-order valence-corrected chi connectivity index (χ4v) is 1.85. The van der Waals surface area contributed by atoms with Crippen LogP contribution in [-0.2, 0) is 11.3 Å². The van der Waals surface area contributed by atoms with Crippen molar-refractivity contribution in [3.05, 3.63) is 33.8 Å². The number of ether oxygens (including phenoxy) is 1. The van der Waals surface area contributed by atoms with Crippen LogP contribution in [0.4, 0.5) is 0 Å². The Morgan fingerprint density at radius 2 is 2.42 bits per heavy atom. The van der Waals surface area contributed by atoms with Gasteiger partial charge in [0.2, 0.25) is 0 Å². The molecule has 1 aromatic carbocycles. The van der Waals surface area contributed by atoms with E-state index in [1.807, 2.05) is 18.2 Å². The average molecular weight is 229 g/mol. The van der Waals surface area contributed by atoms with Crippen LogP contribution in [0.15, 0.2) is 22.7 Å². The molecule has 2 rings (SSSR count). The first-order valence-corrected chi connectivity index (χ1v) is 4.61. The molecule has 0 amide bonds. The molecule has 1 aromatic rings. The predicted molar refractivity (Wildman–Crippen MR) is 48.8 cm³/mol. The molecule has 0 fully saturated rings. The van der Waals surface area contributed by atoms with Crippen molar-refractivity contribution < 1.29 is 9.84 Å². The summed E-state index contributed by atoms with van der Waals surface area (Å²) in [5, 5.41) is 8.95. The maximum absolute atomic E-state index is 8.95. The summed E-state index contributed by atoms with van der Waals surface area (Å²) in [7, 11) is 0. The molecule has 2 nitrogen and oxygen atoms in total. The summed E-state index contributed by atoms with van der Waals surface area (Å²) >= 11 is 3.39. The number of aliphatic hydroxyl groups is 1. The van der Waals surface area contributed by atoms with Gasteiger partial charge in [-0.2, -0.15) is 0 Å². The third-order valence-corrected chi connectivity index (χ3v) is 2.55. The summed E-state index contributed by atoms with van der Waals surface area (Å²) in [5.74, 6) is 0. The summed E-state index contributed by atoms with van der Waals surface area (Å²) in [6, 6.07) is 5.99. The third-order valence-electron chi connectivity index (χ3n) is 2.06. The van der Waals surface area contributed by atoms with E-state index < -0.39 is 0 Å². The number of fused-ring (bicyclic) bond motifs is 1. The van der Waals surface area contributed by atoms with E-state index in [1.54, 1.807) is 0 Å². The fraction of sp³-hybridized carbons (Fsp3) is 0.333. The second-order valence-electron chi connectivity index (χ2n) is 2.83. The van der Waals surface area contributed by atoms with E-state index in [2.05, 4.69) is 15.9 Å². The Bertz CT molecular complexity index is 299. The standard InChI is InChI=1S/C9H9BrO2/c10-7-1-2-8-6(3-7)5-12-9(8)4-11/h1-3,9,11H,4-5H2. The SMILES string of the molecule is OCC1OCc2cc(Br)ccc21.